The van der Waals surface area contributed by atoms with Gasteiger partial charge in [0.1, 0.15) is 5.82 Å². The number of nitrogens with one attached hydrogen (secondary N) is 1. The molecule has 1 aliphatic heterocycles. The van der Waals surface area contributed by atoms with E-state index in [0.717, 1.165) is 22.4 Å². The first-order valence-electron chi connectivity index (χ1n) is 9.15. The molecule has 0 unspecified atom stereocenters. The van der Waals surface area contributed by atoms with E-state index in [0.29, 0.717) is 37.2 Å². The maximum Gasteiger partial charge on any atom is 0.272 e. The van der Waals surface area contributed by atoms with Crippen LogP contribution in [0.25, 0.3) is 22.4 Å². The van der Waals surface area contributed by atoms with E-state index in [1.165, 1.54) is 0 Å². The molecule has 4 rings (SSSR count). The van der Waals surface area contributed by atoms with E-state index in [2.05, 4.69) is 5.32 Å². The number of carbonyl (C=O) groups excluding carboxylic acids is 1. The van der Waals surface area contributed by atoms with Gasteiger partial charge in [0.05, 0.1) is 21.5 Å². The number of aromatic nitrogens is 2. The molecule has 2 aromatic carbocycles. The predicted molar refractivity (Wildman–Crippen MR) is 106 cm³/mol. The Bertz CT molecular complexity index is 1090. The first kappa shape index (κ1) is 18.1. The minimum atomic E-state index is -0.341. The molecule has 1 aliphatic rings. The number of hydrogen-bond acceptors (Lipinski definition) is 5. The Morgan fingerprint density at radius 3 is 2.86 bits per heavy atom. The van der Waals surface area contributed by atoms with E-state index in [1.807, 2.05) is 41.8 Å². The summed E-state index contributed by atoms with van der Waals surface area (Å²) in [4.78, 5) is 30.2. The van der Waals surface area contributed by atoms with Crippen LogP contribution >= 0.6 is 0 Å². The van der Waals surface area contributed by atoms with Crippen LogP contribution in [0.4, 0.5) is 5.69 Å². The highest BCUT2D eigenvalue weighted by Crippen LogP contribution is 2.31. The van der Waals surface area contributed by atoms with Gasteiger partial charge in [-0.1, -0.05) is 6.07 Å². The zero-order chi connectivity index (χ0) is 19.8. The Kier molecular flexibility index (Phi) is 4.56. The summed E-state index contributed by atoms with van der Waals surface area (Å²) in [5, 5.41) is 14.3. The molecule has 8 nitrogen and oxygen atoms in total. The van der Waals surface area contributed by atoms with Crippen molar-refractivity contribution in [3.63, 3.8) is 0 Å². The first-order chi connectivity index (χ1) is 13.5. The van der Waals surface area contributed by atoms with E-state index in [4.69, 9.17) is 4.98 Å². The number of likely N-dealkylation sites (N-methyl/N-ethyl adjacent to an activating group) is 1. The average Bonchev–Trinajstić information content (AvgIpc) is 2.95. The second-order valence-electron chi connectivity index (χ2n) is 7.17. The summed E-state index contributed by atoms with van der Waals surface area (Å²) in [5.41, 5.74) is 3.77. The van der Waals surface area contributed by atoms with E-state index >= 15 is 0 Å². The third-order valence-electron chi connectivity index (χ3n) is 5.00. The lowest BCUT2D eigenvalue weighted by Gasteiger charge is -2.12. The molecule has 0 saturated carbocycles. The van der Waals surface area contributed by atoms with Crippen LogP contribution in [0.5, 0.6) is 0 Å². The van der Waals surface area contributed by atoms with Gasteiger partial charge >= 0.3 is 0 Å². The molecule has 1 aromatic heterocycles. The number of imidazole rings is 1. The molecule has 1 N–H and O–H groups in total. The lowest BCUT2D eigenvalue weighted by atomic mass is 10.0. The molecule has 28 heavy (non-hydrogen) atoms. The van der Waals surface area contributed by atoms with Gasteiger partial charge in [-0.25, -0.2) is 4.98 Å². The number of amides is 1. The standard InChI is InChI=1S/C20H21N5O3/c1-23(2)10-8-13-12-14(6-7-17(13)25(27)28)19-22-16-5-3-4-15-18(16)24(19)11-9-21-20(15)26/h3-7,12H,8-11H2,1-2H3,(H,21,26). The second-order valence-corrected chi connectivity index (χ2v) is 7.17. The summed E-state index contributed by atoms with van der Waals surface area (Å²) in [7, 11) is 3.88. The Labute approximate surface area is 161 Å². The summed E-state index contributed by atoms with van der Waals surface area (Å²) < 4.78 is 2.03. The summed E-state index contributed by atoms with van der Waals surface area (Å²) >= 11 is 0. The van der Waals surface area contributed by atoms with Crippen molar-refractivity contribution < 1.29 is 9.72 Å². The van der Waals surface area contributed by atoms with Crippen molar-refractivity contribution in [2.75, 3.05) is 27.2 Å². The Morgan fingerprint density at radius 1 is 1.29 bits per heavy atom. The van der Waals surface area contributed by atoms with E-state index in [1.54, 1.807) is 18.2 Å². The van der Waals surface area contributed by atoms with Crippen molar-refractivity contribution in [1.82, 2.24) is 19.8 Å². The molecule has 0 atom stereocenters. The van der Waals surface area contributed by atoms with E-state index < -0.39 is 0 Å². The molecular weight excluding hydrogens is 358 g/mol. The van der Waals surface area contributed by atoms with Gasteiger partial charge in [-0.15, -0.1) is 0 Å². The van der Waals surface area contributed by atoms with Gasteiger partial charge in [0, 0.05) is 36.8 Å². The van der Waals surface area contributed by atoms with Crippen molar-refractivity contribution in [1.29, 1.82) is 0 Å². The molecule has 8 heteroatoms. The van der Waals surface area contributed by atoms with Crippen molar-refractivity contribution in [3.8, 4) is 11.4 Å². The molecule has 0 bridgehead atoms. The van der Waals surface area contributed by atoms with Gasteiger partial charge in [-0.2, -0.15) is 0 Å². The molecular formula is C20H21N5O3. The van der Waals surface area contributed by atoms with E-state index in [9.17, 15) is 14.9 Å². The van der Waals surface area contributed by atoms with Gasteiger partial charge in [-0.3, -0.25) is 14.9 Å². The molecule has 0 radical (unpaired) electrons. The molecule has 1 amide bonds. The third-order valence-corrected chi connectivity index (χ3v) is 5.00. The largest absolute Gasteiger partial charge is 0.350 e. The normalized spacial score (nSPS) is 13.6. The summed E-state index contributed by atoms with van der Waals surface area (Å²) in [5.74, 6) is 0.617. The van der Waals surface area contributed by atoms with Crippen molar-refractivity contribution in [2.24, 2.45) is 0 Å². The fraction of sp³-hybridized carbons (Fsp3) is 0.300. The smallest absolute Gasteiger partial charge is 0.272 e. The fourth-order valence-corrected chi connectivity index (χ4v) is 3.63. The molecule has 0 fully saturated rings. The van der Waals surface area contributed by atoms with Gasteiger partial charge in [0.15, 0.2) is 0 Å². The Balaban J connectivity index is 1.87. The fourth-order valence-electron chi connectivity index (χ4n) is 3.63. The number of benzene rings is 2. The van der Waals surface area contributed by atoms with Crippen molar-refractivity contribution >= 4 is 22.6 Å². The highest BCUT2D eigenvalue weighted by atomic mass is 16.6. The predicted octanol–water partition coefficient (Wildman–Crippen LogP) is 2.46. The number of para-hydroxylation sites is 1. The lowest BCUT2D eigenvalue weighted by Crippen LogP contribution is -2.24. The Morgan fingerprint density at radius 2 is 2.11 bits per heavy atom. The lowest BCUT2D eigenvalue weighted by molar-refractivity contribution is -0.385. The maximum absolute atomic E-state index is 12.3. The SMILES string of the molecule is CN(C)CCc1cc(-c2nc3cccc4c3n2CCNC4=O)ccc1[N+](=O)[O-]. The van der Waals surface area contributed by atoms with E-state index in [-0.39, 0.29) is 16.5 Å². The second kappa shape index (κ2) is 7.05. The molecule has 2 heterocycles. The first-order valence-corrected chi connectivity index (χ1v) is 9.15. The summed E-state index contributed by atoms with van der Waals surface area (Å²) in [6, 6.07) is 10.6. The highest BCUT2D eigenvalue weighted by Gasteiger charge is 2.23. The Hall–Kier alpha value is -3.26. The van der Waals surface area contributed by atoms with Crippen LogP contribution in [0, 0.1) is 10.1 Å². The molecule has 3 aromatic rings. The number of nitro groups is 1. The van der Waals surface area contributed by atoms with Crippen LogP contribution in [-0.2, 0) is 13.0 Å². The minimum absolute atomic E-state index is 0.105. The quantitative estimate of drug-likeness (QED) is 0.543. The monoisotopic (exact) mass is 379 g/mol. The zero-order valence-corrected chi connectivity index (χ0v) is 15.8. The van der Waals surface area contributed by atoms with Gasteiger partial charge < -0.3 is 14.8 Å². The number of rotatable bonds is 5. The number of hydrogen-bond donors (Lipinski definition) is 1. The highest BCUT2D eigenvalue weighted by molar-refractivity contribution is 6.06. The minimum Gasteiger partial charge on any atom is -0.350 e. The number of carbonyl (C=O) groups is 1. The van der Waals surface area contributed by atoms with Gasteiger partial charge in [0.25, 0.3) is 11.6 Å². The van der Waals surface area contributed by atoms with Crippen LogP contribution < -0.4 is 5.32 Å². The summed E-state index contributed by atoms with van der Waals surface area (Å²) in [6.07, 6.45) is 0.572. The van der Waals surface area contributed by atoms with Crippen molar-refractivity contribution in [3.05, 3.63) is 57.6 Å². The van der Waals surface area contributed by atoms with Gasteiger partial charge in [-0.05, 0) is 44.8 Å². The molecule has 0 saturated heterocycles. The third kappa shape index (κ3) is 3.11. The maximum atomic E-state index is 12.3. The van der Waals surface area contributed by atoms with Gasteiger partial charge in [0.2, 0.25) is 0 Å². The summed E-state index contributed by atoms with van der Waals surface area (Å²) in [6.45, 7) is 1.81. The number of nitro benzene ring substituents is 1. The van der Waals surface area contributed by atoms with Crippen LogP contribution in [0.2, 0.25) is 0 Å². The van der Waals surface area contributed by atoms with Crippen LogP contribution in [0.15, 0.2) is 36.4 Å². The number of nitrogens with zero attached hydrogens (tertiary/aromatic N) is 4. The average molecular weight is 379 g/mol. The molecule has 0 spiro atoms. The topological polar surface area (TPSA) is 93.3 Å². The van der Waals surface area contributed by atoms with Crippen molar-refractivity contribution in [2.45, 2.75) is 13.0 Å². The molecule has 0 aliphatic carbocycles. The van der Waals surface area contributed by atoms with Crippen LogP contribution in [0.3, 0.4) is 0 Å². The van der Waals surface area contributed by atoms with Crippen LogP contribution in [0.1, 0.15) is 15.9 Å². The zero-order valence-electron chi connectivity index (χ0n) is 15.8. The van der Waals surface area contributed by atoms with Crippen LogP contribution in [-0.4, -0.2) is 52.5 Å². The molecule has 144 valence electrons.